The van der Waals surface area contributed by atoms with Gasteiger partial charge in [-0.15, -0.1) is 0 Å². The van der Waals surface area contributed by atoms with Gasteiger partial charge in [0.15, 0.2) is 0 Å². The Labute approximate surface area is 84.9 Å². The van der Waals surface area contributed by atoms with Crippen molar-refractivity contribution >= 4 is 5.91 Å². The third-order valence-electron chi connectivity index (χ3n) is 2.76. The average molecular weight is 201 g/mol. The topological polar surface area (TPSA) is 47.6 Å². The van der Waals surface area contributed by atoms with Crippen LogP contribution < -0.4 is 5.48 Å². The largest absolute Gasteiger partial charge is 0.382 e. The Bertz CT molecular complexity index is 184. The third kappa shape index (κ3) is 3.27. The molecule has 1 N–H and O–H groups in total. The van der Waals surface area contributed by atoms with Crippen molar-refractivity contribution in [1.29, 1.82) is 0 Å². The highest BCUT2D eigenvalue weighted by atomic mass is 16.7. The molecule has 1 rings (SSSR count). The Kier molecular flexibility index (Phi) is 4.90. The number of carbonyl (C=O) groups is 1. The predicted molar refractivity (Wildman–Crippen MR) is 52.5 cm³/mol. The summed E-state index contributed by atoms with van der Waals surface area (Å²) in [6, 6.07) is 0. The number of ether oxygens (including phenoxy) is 1. The molecule has 0 saturated heterocycles. The molecule has 1 aliphatic carbocycles. The second-order valence-electron chi connectivity index (χ2n) is 3.82. The summed E-state index contributed by atoms with van der Waals surface area (Å²) in [5, 5.41) is 0. The first-order valence-electron chi connectivity index (χ1n) is 5.16. The first kappa shape index (κ1) is 11.5. The molecule has 0 aliphatic heterocycles. The van der Waals surface area contributed by atoms with E-state index in [1.807, 2.05) is 0 Å². The van der Waals surface area contributed by atoms with E-state index in [-0.39, 0.29) is 11.8 Å². The quantitative estimate of drug-likeness (QED) is 0.535. The molecule has 1 aliphatic rings. The molecule has 1 fully saturated rings. The van der Waals surface area contributed by atoms with E-state index < -0.39 is 0 Å². The zero-order valence-electron chi connectivity index (χ0n) is 8.91. The molecule has 4 heteroatoms. The van der Waals surface area contributed by atoms with Gasteiger partial charge in [-0.05, 0) is 18.8 Å². The van der Waals surface area contributed by atoms with E-state index in [4.69, 9.17) is 9.57 Å². The highest BCUT2D eigenvalue weighted by molar-refractivity contribution is 5.78. The molecule has 82 valence electrons. The first-order chi connectivity index (χ1) is 6.75. The fourth-order valence-electron chi connectivity index (χ4n) is 1.86. The van der Waals surface area contributed by atoms with E-state index in [9.17, 15) is 4.79 Å². The van der Waals surface area contributed by atoms with E-state index in [1.54, 1.807) is 7.11 Å². The molecule has 0 heterocycles. The summed E-state index contributed by atoms with van der Waals surface area (Å²) in [6.07, 6.45) is 3.29. The minimum Gasteiger partial charge on any atom is -0.382 e. The minimum atomic E-state index is 0.0195. The molecule has 2 unspecified atom stereocenters. The monoisotopic (exact) mass is 201 g/mol. The van der Waals surface area contributed by atoms with Gasteiger partial charge in [0.05, 0.1) is 13.2 Å². The SMILES string of the molecule is COCCONC(=O)C1CCCC1C. The Hall–Kier alpha value is -0.610. The molecular weight excluding hydrogens is 182 g/mol. The molecule has 4 nitrogen and oxygen atoms in total. The maximum atomic E-state index is 11.5. The van der Waals surface area contributed by atoms with E-state index in [0.29, 0.717) is 19.1 Å². The van der Waals surface area contributed by atoms with Crippen molar-refractivity contribution < 1.29 is 14.4 Å². The molecule has 1 amide bonds. The zero-order valence-corrected chi connectivity index (χ0v) is 8.91. The number of nitrogens with one attached hydrogen (secondary N) is 1. The fraction of sp³-hybridized carbons (Fsp3) is 0.900. The van der Waals surface area contributed by atoms with Gasteiger partial charge >= 0.3 is 0 Å². The summed E-state index contributed by atoms with van der Waals surface area (Å²) in [6.45, 7) is 3.02. The van der Waals surface area contributed by atoms with Gasteiger partial charge in [-0.3, -0.25) is 9.63 Å². The van der Waals surface area contributed by atoms with Crippen LogP contribution >= 0.6 is 0 Å². The fourth-order valence-corrected chi connectivity index (χ4v) is 1.86. The highest BCUT2D eigenvalue weighted by Crippen LogP contribution is 2.30. The van der Waals surface area contributed by atoms with Crippen molar-refractivity contribution in [1.82, 2.24) is 5.48 Å². The van der Waals surface area contributed by atoms with E-state index in [0.717, 1.165) is 19.3 Å². The summed E-state index contributed by atoms with van der Waals surface area (Å²) in [4.78, 5) is 16.5. The lowest BCUT2D eigenvalue weighted by molar-refractivity contribution is -0.139. The summed E-state index contributed by atoms with van der Waals surface area (Å²) < 4.78 is 4.79. The van der Waals surface area contributed by atoms with Crippen LogP contribution in [0.15, 0.2) is 0 Å². The maximum absolute atomic E-state index is 11.5. The average Bonchev–Trinajstić information content (AvgIpc) is 2.59. The Morgan fingerprint density at radius 2 is 2.21 bits per heavy atom. The van der Waals surface area contributed by atoms with Gasteiger partial charge in [-0.25, -0.2) is 5.48 Å². The predicted octanol–water partition coefficient (Wildman–Crippen LogP) is 1.12. The molecule has 0 spiro atoms. The standard InChI is InChI=1S/C10H19NO3/c1-8-4-3-5-9(8)10(12)11-14-7-6-13-2/h8-9H,3-7H2,1-2H3,(H,11,12). The van der Waals surface area contributed by atoms with Crippen LogP contribution in [-0.4, -0.2) is 26.2 Å². The van der Waals surface area contributed by atoms with Crippen LogP contribution in [0.25, 0.3) is 0 Å². The summed E-state index contributed by atoms with van der Waals surface area (Å²) in [7, 11) is 1.60. The van der Waals surface area contributed by atoms with Gasteiger partial charge < -0.3 is 4.74 Å². The molecule has 14 heavy (non-hydrogen) atoms. The number of hydroxylamine groups is 1. The molecule has 0 aromatic rings. The maximum Gasteiger partial charge on any atom is 0.246 e. The van der Waals surface area contributed by atoms with Crippen molar-refractivity contribution in [2.24, 2.45) is 11.8 Å². The van der Waals surface area contributed by atoms with Gasteiger partial charge in [0.25, 0.3) is 0 Å². The third-order valence-corrected chi connectivity index (χ3v) is 2.76. The lowest BCUT2D eigenvalue weighted by atomic mass is 9.98. The van der Waals surface area contributed by atoms with Crippen molar-refractivity contribution in [3.63, 3.8) is 0 Å². The minimum absolute atomic E-state index is 0.0195. The summed E-state index contributed by atoms with van der Waals surface area (Å²) in [5.41, 5.74) is 2.47. The van der Waals surface area contributed by atoms with Gasteiger partial charge in [-0.1, -0.05) is 13.3 Å². The zero-order chi connectivity index (χ0) is 10.4. The second kappa shape index (κ2) is 5.98. The van der Waals surface area contributed by atoms with E-state index in [1.165, 1.54) is 0 Å². The number of hydrogen-bond donors (Lipinski definition) is 1. The van der Waals surface area contributed by atoms with Crippen LogP contribution in [0.3, 0.4) is 0 Å². The number of hydrogen-bond acceptors (Lipinski definition) is 3. The second-order valence-corrected chi connectivity index (χ2v) is 3.82. The van der Waals surface area contributed by atoms with Gasteiger partial charge in [0, 0.05) is 13.0 Å². The number of rotatable bonds is 5. The summed E-state index contributed by atoms with van der Waals surface area (Å²) >= 11 is 0. The molecule has 0 bridgehead atoms. The van der Waals surface area contributed by atoms with Gasteiger partial charge in [0.1, 0.15) is 0 Å². The Morgan fingerprint density at radius 3 is 2.79 bits per heavy atom. The summed E-state index contributed by atoms with van der Waals surface area (Å²) in [5.74, 6) is 0.643. The van der Waals surface area contributed by atoms with Crippen molar-refractivity contribution in [2.75, 3.05) is 20.3 Å². The molecule has 0 radical (unpaired) electrons. The first-order valence-corrected chi connectivity index (χ1v) is 5.16. The van der Waals surface area contributed by atoms with Crippen molar-refractivity contribution in [2.45, 2.75) is 26.2 Å². The molecule has 0 aromatic carbocycles. The van der Waals surface area contributed by atoms with Crippen LogP contribution in [0.1, 0.15) is 26.2 Å². The van der Waals surface area contributed by atoms with E-state index in [2.05, 4.69) is 12.4 Å². The van der Waals surface area contributed by atoms with Crippen molar-refractivity contribution in [3.8, 4) is 0 Å². The smallest absolute Gasteiger partial charge is 0.246 e. The lowest BCUT2D eigenvalue weighted by Gasteiger charge is -2.14. The normalized spacial score (nSPS) is 26.4. The Morgan fingerprint density at radius 1 is 1.43 bits per heavy atom. The Balaban J connectivity index is 2.14. The van der Waals surface area contributed by atoms with Crippen LogP contribution in [0.5, 0.6) is 0 Å². The van der Waals surface area contributed by atoms with Crippen molar-refractivity contribution in [3.05, 3.63) is 0 Å². The van der Waals surface area contributed by atoms with Crippen LogP contribution in [0.4, 0.5) is 0 Å². The van der Waals surface area contributed by atoms with Gasteiger partial charge in [-0.2, -0.15) is 0 Å². The molecule has 0 aromatic heterocycles. The van der Waals surface area contributed by atoms with Crippen LogP contribution in [0.2, 0.25) is 0 Å². The van der Waals surface area contributed by atoms with E-state index >= 15 is 0 Å². The number of carbonyl (C=O) groups excluding carboxylic acids is 1. The molecular formula is C10H19NO3. The molecule has 1 saturated carbocycles. The van der Waals surface area contributed by atoms with Gasteiger partial charge in [0.2, 0.25) is 5.91 Å². The highest BCUT2D eigenvalue weighted by Gasteiger charge is 2.29. The van der Waals surface area contributed by atoms with Crippen LogP contribution in [0, 0.1) is 11.8 Å². The molecule has 2 atom stereocenters. The lowest BCUT2D eigenvalue weighted by Crippen LogP contribution is -2.32. The number of amides is 1. The number of methoxy groups -OCH3 is 1. The van der Waals surface area contributed by atoms with Crippen LogP contribution in [-0.2, 0) is 14.4 Å².